The van der Waals surface area contributed by atoms with Crippen LogP contribution in [0.25, 0.3) is 0 Å². The van der Waals surface area contributed by atoms with Gasteiger partial charge in [0.25, 0.3) is 0 Å². The van der Waals surface area contributed by atoms with Crippen molar-refractivity contribution < 1.29 is 0 Å². The number of nitrogens with one attached hydrogen (secondary N) is 1. The molecule has 0 amide bonds. The summed E-state index contributed by atoms with van der Waals surface area (Å²) in [5.74, 6) is 1.86. The fourth-order valence-electron chi connectivity index (χ4n) is 2.77. The van der Waals surface area contributed by atoms with Gasteiger partial charge in [0.2, 0.25) is 5.13 Å². The number of anilines is 1. The van der Waals surface area contributed by atoms with Crippen LogP contribution in [0, 0.1) is 5.92 Å². The van der Waals surface area contributed by atoms with Crippen LogP contribution < -0.4 is 10.2 Å². The van der Waals surface area contributed by atoms with E-state index in [1.807, 2.05) is 0 Å². The van der Waals surface area contributed by atoms with Crippen LogP contribution in [0.1, 0.15) is 25.6 Å². The molecule has 16 heavy (non-hydrogen) atoms. The molecular weight excluding hydrogens is 220 g/mol. The highest BCUT2D eigenvalue weighted by molar-refractivity contribution is 7.09. The van der Waals surface area contributed by atoms with Crippen LogP contribution >= 0.6 is 11.5 Å². The molecule has 5 heteroatoms. The topological polar surface area (TPSA) is 41.1 Å². The second kappa shape index (κ2) is 4.30. The molecule has 1 aromatic rings. The van der Waals surface area contributed by atoms with Crippen molar-refractivity contribution in [2.24, 2.45) is 5.92 Å². The van der Waals surface area contributed by atoms with Crippen LogP contribution in [0.2, 0.25) is 0 Å². The quantitative estimate of drug-likeness (QED) is 0.861. The van der Waals surface area contributed by atoms with Gasteiger partial charge in [0, 0.05) is 43.6 Å². The zero-order valence-corrected chi connectivity index (χ0v) is 10.5. The van der Waals surface area contributed by atoms with Crippen LogP contribution in [0.4, 0.5) is 5.13 Å². The molecule has 0 spiro atoms. The Morgan fingerprint density at radius 1 is 1.50 bits per heavy atom. The first kappa shape index (κ1) is 10.5. The zero-order valence-electron chi connectivity index (χ0n) is 9.65. The van der Waals surface area contributed by atoms with Crippen molar-refractivity contribution in [3.8, 4) is 0 Å². The molecular formula is C11H18N4S. The van der Waals surface area contributed by atoms with E-state index in [0.717, 1.165) is 42.8 Å². The Labute approximate surface area is 100 Å². The molecule has 1 aromatic heterocycles. The summed E-state index contributed by atoms with van der Waals surface area (Å²) in [7, 11) is 0. The van der Waals surface area contributed by atoms with E-state index in [2.05, 4.69) is 26.5 Å². The molecule has 4 nitrogen and oxygen atoms in total. The highest BCUT2D eigenvalue weighted by Gasteiger charge is 2.38. The molecule has 88 valence electrons. The number of aryl methyl sites for hydroxylation is 1. The van der Waals surface area contributed by atoms with Crippen LogP contribution in [-0.4, -0.2) is 35.0 Å². The van der Waals surface area contributed by atoms with Crippen LogP contribution in [0.3, 0.4) is 0 Å². The summed E-state index contributed by atoms with van der Waals surface area (Å²) < 4.78 is 4.43. The van der Waals surface area contributed by atoms with Gasteiger partial charge < -0.3 is 10.2 Å². The highest BCUT2D eigenvalue weighted by Crippen LogP contribution is 2.32. The first-order valence-electron chi connectivity index (χ1n) is 6.18. The maximum absolute atomic E-state index is 4.65. The first-order valence-corrected chi connectivity index (χ1v) is 6.95. The van der Waals surface area contributed by atoms with E-state index >= 15 is 0 Å². The van der Waals surface area contributed by atoms with Gasteiger partial charge in [-0.15, -0.1) is 0 Å². The fraction of sp³-hybridized carbons (Fsp3) is 0.818. The fourth-order valence-corrected chi connectivity index (χ4v) is 3.57. The maximum Gasteiger partial charge on any atom is 0.205 e. The molecule has 0 aromatic carbocycles. The van der Waals surface area contributed by atoms with Gasteiger partial charge in [-0.05, 0) is 18.8 Å². The molecule has 2 aliphatic rings. The third kappa shape index (κ3) is 1.72. The molecule has 0 aliphatic carbocycles. The Bertz CT molecular complexity index is 365. The number of rotatable bonds is 3. The smallest absolute Gasteiger partial charge is 0.205 e. The second-order valence-corrected chi connectivity index (χ2v) is 5.44. The predicted octanol–water partition coefficient (Wildman–Crippen LogP) is 1.29. The van der Waals surface area contributed by atoms with E-state index in [1.165, 1.54) is 13.0 Å². The van der Waals surface area contributed by atoms with E-state index in [4.69, 9.17) is 0 Å². The van der Waals surface area contributed by atoms with Crippen LogP contribution in [0.5, 0.6) is 0 Å². The average Bonchev–Trinajstić information content (AvgIpc) is 2.90. The first-order chi connectivity index (χ1) is 7.88. The lowest BCUT2D eigenvalue weighted by atomic mass is 10.1. The SMILES string of the molecule is CCCc1nsc(N2CC[C@H]3CNC[C@H]32)n1. The molecule has 2 aliphatic heterocycles. The molecule has 1 N–H and O–H groups in total. The van der Waals surface area contributed by atoms with Gasteiger partial charge in [-0.25, -0.2) is 4.98 Å². The standard InChI is InChI=1S/C11H18N4S/c1-2-3-10-13-11(16-14-10)15-5-4-8-6-12-7-9(8)15/h8-9,12H,2-7H2,1H3/t8-,9+/m0/s1. The number of aromatic nitrogens is 2. The molecule has 0 bridgehead atoms. The Morgan fingerprint density at radius 2 is 2.44 bits per heavy atom. The minimum absolute atomic E-state index is 0.669. The van der Waals surface area contributed by atoms with Crippen molar-refractivity contribution in [2.45, 2.75) is 32.2 Å². The Morgan fingerprint density at radius 3 is 3.31 bits per heavy atom. The normalized spacial score (nSPS) is 28.7. The Hall–Kier alpha value is -0.680. The number of hydrogen-bond donors (Lipinski definition) is 1. The molecule has 3 heterocycles. The van der Waals surface area contributed by atoms with Crippen molar-refractivity contribution in [3.63, 3.8) is 0 Å². The molecule has 0 saturated carbocycles. The predicted molar refractivity (Wildman–Crippen MR) is 66.0 cm³/mol. The average molecular weight is 238 g/mol. The largest absolute Gasteiger partial charge is 0.342 e. The summed E-state index contributed by atoms with van der Waals surface area (Å²) in [4.78, 5) is 7.11. The van der Waals surface area contributed by atoms with Crippen LogP contribution in [-0.2, 0) is 6.42 Å². The lowest BCUT2D eigenvalue weighted by Gasteiger charge is -2.21. The zero-order chi connectivity index (χ0) is 11.0. The molecule has 2 fully saturated rings. The summed E-state index contributed by atoms with van der Waals surface area (Å²) in [6.45, 7) is 5.64. The summed E-state index contributed by atoms with van der Waals surface area (Å²) in [6, 6.07) is 0.669. The molecule has 0 radical (unpaired) electrons. The molecule has 3 rings (SSSR count). The van der Waals surface area contributed by atoms with E-state index in [9.17, 15) is 0 Å². The summed E-state index contributed by atoms with van der Waals surface area (Å²) in [6.07, 6.45) is 3.45. The van der Waals surface area contributed by atoms with Gasteiger partial charge in [0.1, 0.15) is 5.82 Å². The minimum atomic E-state index is 0.669. The van der Waals surface area contributed by atoms with E-state index in [-0.39, 0.29) is 0 Å². The molecule has 0 unspecified atom stereocenters. The monoisotopic (exact) mass is 238 g/mol. The van der Waals surface area contributed by atoms with Crippen molar-refractivity contribution in [1.29, 1.82) is 0 Å². The molecule has 2 saturated heterocycles. The van der Waals surface area contributed by atoms with Gasteiger partial charge in [-0.2, -0.15) is 4.37 Å². The summed E-state index contributed by atoms with van der Waals surface area (Å²) >= 11 is 1.57. The van der Waals surface area contributed by atoms with E-state index in [1.54, 1.807) is 11.5 Å². The van der Waals surface area contributed by atoms with Gasteiger partial charge in [0.15, 0.2) is 0 Å². The lowest BCUT2D eigenvalue weighted by molar-refractivity contribution is 0.578. The third-order valence-electron chi connectivity index (χ3n) is 3.62. The van der Waals surface area contributed by atoms with E-state index in [0.29, 0.717) is 6.04 Å². The summed E-state index contributed by atoms with van der Waals surface area (Å²) in [5, 5.41) is 4.61. The number of nitrogens with zero attached hydrogens (tertiary/aromatic N) is 3. The summed E-state index contributed by atoms with van der Waals surface area (Å²) in [5.41, 5.74) is 0. The Balaban J connectivity index is 1.76. The van der Waals surface area contributed by atoms with Crippen molar-refractivity contribution in [3.05, 3.63) is 5.82 Å². The number of hydrogen-bond acceptors (Lipinski definition) is 5. The van der Waals surface area contributed by atoms with Gasteiger partial charge in [-0.3, -0.25) is 0 Å². The van der Waals surface area contributed by atoms with Crippen molar-refractivity contribution >= 4 is 16.7 Å². The highest BCUT2D eigenvalue weighted by atomic mass is 32.1. The Kier molecular flexibility index (Phi) is 2.81. The lowest BCUT2D eigenvalue weighted by Crippen LogP contribution is -2.33. The van der Waals surface area contributed by atoms with E-state index < -0.39 is 0 Å². The maximum atomic E-state index is 4.65. The van der Waals surface area contributed by atoms with Gasteiger partial charge in [-0.1, -0.05) is 6.92 Å². The van der Waals surface area contributed by atoms with Gasteiger partial charge >= 0.3 is 0 Å². The van der Waals surface area contributed by atoms with Crippen LogP contribution in [0.15, 0.2) is 0 Å². The van der Waals surface area contributed by atoms with Crippen molar-refractivity contribution in [1.82, 2.24) is 14.7 Å². The van der Waals surface area contributed by atoms with Gasteiger partial charge in [0.05, 0.1) is 0 Å². The number of fused-ring (bicyclic) bond motifs is 1. The molecule has 2 atom stereocenters. The third-order valence-corrected chi connectivity index (χ3v) is 4.41. The second-order valence-electron chi connectivity index (χ2n) is 4.71. The minimum Gasteiger partial charge on any atom is -0.342 e. The van der Waals surface area contributed by atoms with Crippen molar-refractivity contribution in [2.75, 3.05) is 24.5 Å².